The Bertz CT molecular complexity index is 1200. The van der Waals surface area contributed by atoms with Gasteiger partial charge in [-0.25, -0.2) is 0 Å². The van der Waals surface area contributed by atoms with Crippen LogP contribution in [0.3, 0.4) is 0 Å². The maximum absolute atomic E-state index is 12.4. The first-order valence-corrected chi connectivity index (χ1v) is 10.4. The number of hydrogen-bond donors (Lipinski definition) is 0. The summed E-state index contributed by atoms with van der Waals surface area (Å²) in [5.74, 6) is -0.227. The third kappa shape index (κ3) is 3.84. The summed E-state index contributed by atoms with van der Waals surface area (Å²) in [6, 6.07) is 18.5. The number of alkyl halides is 3. The minimum atomic E-state index is -4.69. The highest BCUT2D eigenvalue weighted by atomic mass is 32.1. The molecule has 0 atom stereocenters. The third-order valence-corrected chi connectivity index (χ3v) is 6.41. The predicted molar refractivity (Wildman–Crippen MR) is 119 cm³/mol. The summed E-state index contributed by atoms with van der Waals surface area (Å²) in [7, 11) is 1.92. The van der Waals surface area contributed by atoms with Crippen LogP contribution in [0.2, 0.25) is 0 Å². The Morgan fingerprint density at radius 1 is 0.800 bits per heavy atom. The highest BCUT2D eigenvalue weighted by Gasteiger charge is 2.31. The fourth-order valence-electron chi connectivity index (χ4n) is 3.67. The maximum Gasteiger partial charge on any atom is 0.573 e. The van der Waals surface area contributed by atoms with Gasteiger partial charge >= 0.3 is 6.36 Å². The molecule has 0 saturated heterocycles. The highest BCUT2D eigenvalue weighted by Crippen LogP contribution is 2.44. The van der Waals surface area contributed by atoms with Crippen LogP contribution in [-0.2, 0) is 5.41 Å². The number of ether oxygens (including phenoxy) is 1. The van der Waals surface area contributed by atoms with Crippen LogP contribution in [0.25, 0.3) is 20.2 Å². The Hall–Kier alpha value is -2.73. The third-order valence-electron chi connectivity index (χ3n) is 5.13. The van der Waals surface area contributed by atoms with Crippen LogP contribution in [0.1, 0.15) is 26.3 Å². The quantitative estimate of drug-likeness (QED) is 0.327. The highest BCUT2D eigenvalue weighted by molar-refractivity contribution is 7.26. The van der Waals surface area contributed by atoms with Gasteiger partial charge in [0.1, 0.15) is 5.75 Å². The van der Waals surface area contributed by atoms with E-state index < -0.39 is 6.36 Å². The van der Waals surface area contributed by atoms with Gasteiger partial charge < -0.3 is 9.64 Å². The molecule has 0 fully saturated rings. The Morgan fingerprint density at radius 2 is 1.40 bits per heavy atom. The summed E-state index contributed by atoms with van der Waals surface area (Å²) in [5, 5.41) is 2.41. The number of nitrogens with zero attached hydrogens (tertiary/aromatic N) is 1. The lowest BCUT2D eigenvalue weighted by Crippen LogP contribution is -2.17. The molecule has 3 aromatic carbocycles. The second kappa shape index (κ2) is 7.20. The minimum absolute atomic E-state index is 0.0285. The smallest absolute Gasteiger partial charge is 0.406 e. The van der Waals surface area contributed by atoms with Crippen molar-refractivity contribution in [3.63, 3.8) is 0 Å². The zero-order valence-corrected chi connectivity index (χ0v) is 18.0. The maximum atomic E-state index is 12.4. The van der Waals surface area contributed by atoms with E-state index in [1.807, 2.05) is 24.1 Å². The van der Waals surface area contributed by atoms with Crippen LogP contribution in [0.4, 0.5) is 24.5 Å². The fourth-order valence-corrected chi connectivity index (χ4v) is 5.24. The van der Waals surface area contributed by atoms with Crippen molar-refractivity contribution < 1.29 is 17.9 Å². The van der Waals surface area contributed by atoms with Crippen molar-refractivity contribution in [3.8, 4) is 5.75 Å². The van der Waals surface area contributed by atoms with Crippen LogP contribution < -0.4 is 9.64 Å². The predicted octanol–water partition coefficient (Wildman–Crippen LogP) is 8.02. The molecule has 0 aliphatic heterocycles. The summed E-state index contributed by atoms with van der Waals surface area (Å²) in [6.07, 6.45) is -4.69. The van der Waals surface area contributed by atoms with Gasteiger partial charge in [-0.15, -0.1) is 24.5 Å². The van der Waals surface area contributed by atoms with Crippen molar-refractivity contribution in [2.75, 3.05) is 11.9 Å². The van der Waals surface area contributed by atoms with Crippen LogP contribution in [-0.4, -0.2) is 13.4 Å². The van der Waals surface area contributed by atoms with Crippen LogP contribution in [0, 0.1) is 0 Å². The van der Waals surface area contributed by atoms with Crippen LogP contribution in [0.5, 0.6) is 5.75 Å². The summed E-state index contributed by atoms with van der Waals surface area (Å²) < 4.78 is 43.7. The van der Waals surface area contributed by atoms with Gasteiger partial charge in [-0.2, -0.15) is 0 Å². The number of rotatable bonds is 3. The molecule has 0 N–H and O–H groups in total. The molecule has 2 nitrogen and oxygen atoms in total. The first-order valence-electron chi connectivity index (χ1n) is 9.59. The summed E-state index contributed by atoms with van der Waals surface area (Å²) >= 11 is 1.76. The number of hydrogen-bond acceptors (Lipinski definition) is 3. The van der Waals surface area contributed by atoms with E-state index in [2.05, 4.69) is 49.8 Å². The van der Waals surface area contributed by atoms with E-state index in [4.69, 9.17) is 0 Å². The van der Waals surface area contributed by atoms with Crippen molar-refractivity contribution in [2.24, 2.45) is 0 Å². The van der Waals surface area contributed by atoms with E-state index in [1.54, 1.807) is 23.5 Å². The Balaban J connectivity index is 1.79. The standard InChI is InChI=1S/C24H22F3NOS/c1-23(2,3)19-9-5-7-17-18-8-6-10-20(22(18)30-21(17)19)28(4)15-11-13-16(14-12-15)29-24(25,26)27/h5-14H,1-4H3. The molecule has 30 heavy (non-hydrogen) atoms. The van der Waals surface area contributed by atoms with Gasteiger partial charge in [-0.1, -0.05) is 51.1 Å². The molecule has 0 aliphatic rings. The molecule has 0 radical (unpaired) electrons. The van der Waals surface area contributed by atoms with Crippen LogP contribution in [0.15, 0.2) is 60.7 Å². The first-order chi connectivity index (χ1) is 14.0. The second-order valence-electron chi connectivity index (χ2n) is 8.29. The van der Waals surface area contributed by atoms with Crippen molar-refractivity contribution in [2.45, 2.75) is 32.5 Å². The van der Waals surface area contributed by atoms with Gasteiger partial charge in [0.15, 0.2) is 0 Å². The lowest BCUT2D eigenvalue weighted by Gasteiger charge is -2.21. The topological polar surface area (TPSA) is 12.5 Å². The molecule has 1 aromatic heterocycles. The minimum Gasteiger partial charge on any atom is -0.406 e. The summed E-state index contributed by atoms with van der Waals surface area (Å²) in [4.78, 5) is 1.99. The molecule has 0 saturated carbocycles. The molecular formula is C24H22F3NOS. The molecule has 1 heterocycles. The Labute approximate surface area is 177 Å². The monoisotopic (exact) mass is 429 g/mol. The molecule has 0 amide bonds. The number of halogens is 3. The first kappa shape index (κ1) is 20.5. The average molecular weight is 430 g/mol. The van der Waals surface area contributed by atoms with E-state index >= 15 is 0 Å². The molecule has 0 aliphatic carbocycles. The SMILES string of the molecule is CN(c1ccc(OC(F)(F)F)cc1)c1cccc2c1sc1c(C(C)(C)C)cccc12. The molecule has 4 aromatic rings. The number of thiophene rings is 1. The number of fused-ring (bicyclic) bond motifs is 3. The van der Waals surface area contributed by atoms with Gasteiger partial charge in [0, 0.05) is 28.2 Å². The van der Waals surface area contributed by atoms with Gasteiger partial charge in [-0.3, -0.25) is 0 Å². The van der Waals surface area contributed by atoms with Crippen LogP contribution >= 0.6 is 11.3 Å². The zero-order valence-electron chi connectivity index (χ0n) is 17.2. The van der Waals surface area contributed by atoms with Gasteiger partial charge in [0.2, 0.25) is 0 Å². The van der Waals surface area contributed by atoms with Gasteiger partial charge in [0.05, 0.1) is 10.4 Å². The lowest BCUT2D eigenvalue weighted by molar-refractivity contribution is -0.274. The lowest BCUT2D eigenvalue weighted by atomic mass is 9.86. The normalized spacial score (nSPS) is 12.5. The molecule has 156 valence electrons. The van der Waals surface area contributed by atoms with E-state index in [0.29, 0.717) is 0 Å². The van der Waals surface area contributed by atoms with E-state index in [9.17, 15) is 13.2 Å². The van der Waals surface area contributed by atoms with E-state index in [1.165, 1.54) is 33.2 Å². The van der Waals surface area contributed by atoms with Gasteiger partial charge in [0.25, 0.3) is 0 Å². The van der Waals surface area contributed by atoms with Crippen molar-refractivity contribution in [1.29, 1.82) is 0 Å². The van der Waals surface area contributed by atoms with Crippen molar-refractivity contribution in [3.05, 3.63) is 66.2 Å². The molecule has 6 heteroatoms. The molecular weight excluding hydrogens is 407 g/mol. The Kier molecular flexibility index (Phi) is 4.93. The largest absolute Gasteiger partial charge is 0.573 e. The van der Waals surface area contributed by atoms with Crippen molar-refractivity contribution in [1.82, 2.24) is 0 Å². The van der Waals surface area contributed by atoms with E-state index in [0.717, 1.165) is 16.1 Å². The average Bonchev–Trinajstić information content (AvgIpc) is 3.04. The molecule has 4 rings (SSSR count). The number of benzene rings is 3. The molecule has 0 spiro atoms. The summed E-state index contributed by atoms with van der Waals surface area (Å²) in [6.45, 7) is 6.64. The molecule has 0 unspecified atom stereocenters. The fraction of sp³-hybridized carbons (Fsp3) is 0.250. The summed E-state index contributed by atoms with van der Waals surface area (Å²) in [5.41, 5.74) is 3.13. The van der Waals surface area contributed by atoms with Gasteiger partial charge in [-0.05, 0) is 41.3 Å². The number of anilines is 2. The second-order valence-corrected chi connectivity index (χ2v) is 9.31. The van der Waals surface area contributed by atoms with Crippen molar-refractivity contribution >= 4 is 42.9 Å². The van der Waals surface area contributed by atoms with E-state index in [-0.39, 0.29) is 11.2 Å². The zero-order chi connectivity index (χ0) is 21.7. The Morgan fingerprint density at radius 3 is 2.00 bits per heavy atom. The molecule has 0 bridgehead atoms.